The van der Waals surface area contributed by atoms with E-state index in [1.165, 1.54) is 4.31 Å². The fraction of sp³-hybridized carbons (Fsp3) is 0.500. The quantitative estimate of drug-likeness (QED) is 0.834. The second-order valence-corrected chi connectivity index (χ2v) is 7.25. The summed E-state index contributed by atoms with van der Waals surface area (Å²) in [5.41, 5.74) is 0.369. The van der Waals surface area contributed by atoms with Crippen LogP contribution in [0.5, 0.6) is 0 Å². The molecule has 1 heterocycles. The van der Waals surface area contributed by atoms with Gasteiger partial charge in [0.15, 0.2) is 0 Å². The molecule has 0 unspecified atom stereocenters. The van der Waals surface area contributed by atoms with E-state index in [4.69, 9.17) is 5.26 Å². The maximum absolute atomic E-state index is 12.6. The molecule has 1 aromatic carbocycles. The van der Waals surface area contributed by atoms with Gasteiger partial charge in [-0.3, -0.25) is 0 Å². The molecule has 1 aliphatic heterocycles. The van der Waals surface area contributed by atoms with E-state index in [1.807, 2.05) is 13.0 Å². The van der Waals surface area contributed by atoms with Crippen LogP contribution >= 0.6 is 0 Å². The normalized spacial score (nSPS) is 19.8. The highest BCUT2D eigenvalue weighted by Gasteiger charge is 2.35. The first-order valence-corrected chi connectivity index (χ1v) is 7.80. The third kappa shape index (κ3) is 2.65. The monoisotopic (exact) mass is 278 g/mol. The molecule has 0 radical (unpaired) electrons. The lowest BCUT2D eigenvalue weighted by Gasteiger charge is -2.34. The first-order valence-electron chi connectivity index (χ1n) is 6.36. The molecule has 0 N–H and O–H groups in total. The van der Waals surface area contributed by atoms with E-state index in [0.29, 0.717) is 30.8 Å². The lowest BCUT2D eigenvalue weighted by molar-refractivity contribution is 0.232. The Labute approximate surface area is 114 Å². The number of nitriles is 1. The molecule has 4 nitrogen and oxygen atoms in total. The average molecular weight is 278 g/mol. The minimum Gasteiger partial charge on any atom is -0.207 e. The van der Waals surface area contributed by atoms with Crippen LogP contribution in [0.3, 0.4) is 0 Å². The second kappa shape index (κ2) is 4.95. The molecule has 0 spiro atoms. The molecule has 0 aliphatic carbocycles. The van der Waals surface area contributed by atoms with Gasteiger partial charge in [-0.25, -0.2) is 8.42 Å². The van der Waals surface area contributed by atoms with Crippen molar-refractivity contribution in [1.29, 1.82) is 5.26 Å². The van der Waals surface area contributed by atoms with Crippen molar-refractivity contribution in [3.8, 4) is 6.07 Å². The summed E-state index contributed by atoms with van der Waals surface area (Å²) in [4.78, 5) is 0.371. The Bertz CT molecular complexity index is 609. The summed E-state index contributed by atoms with van der Waals surface area (Å²) in [6, 6.07) is 9.30. The van der Waals surface area contributed by atoms with Crippen LogP contribution in [0.25, 0.3) is 0 Å². The number of hydrogen-bond donors (Lipinski definition) is 0. The zero-order valence-electron chi connectivity index (χ0n) is 11.3. The molecule has 0 bridgehead atoms. The minimum absolute atomic E-state index is 0.371. The van der Waals surface area contributed by atoms with Gasteiger partial charge in [0, 0.05) is 13.1 Å². The summed E-state index contributed by atoms with van der Waals surface area (Å²) in [5, 5.41) is 9.08. The van der Waals surface area contributed by atoms with Crippen molar-refractivity contribution in [1.82, 2.24) is 4.31 Å². The maximum atomic E-state index is 12.6. The van der Waals surface area contributed by atoms with Gasteiger partial charge >= 0.3 is 0 Å². The molecule has 19 heavy (non-hydrogen) atoms. The predicted octanol–water partition coefficient (Wildman–Crippen LogP) is 2.31. The molecule has 1 aromatic rings. The molecular weight excluding hydrogens is 260 g/mol. The van der Waals surface area contributed by atoms with Gasteiger partial charge in [0.2, 0.25) is 10.0 Å². The van der Waals surface area contributed by atoms with Crippen LogP contribution < -0.4 is 0 Å². The number of sulfonamides is 1. The van der Waals surface area contributed by atoms with Gasteiger partial charge in [0.1, 0.15) is 0 Å². The third-order valence-electron chi connectivity index (χ3n) is 3.81. The first kappa shape index (κ1) is 14.0. The molecule has 0 atom stereocenters. The molecular formula is C14H18N2O2S. The highest BCUT2D eigenvalue weighted by atomic mass is 32.2. The summed E-state index contributed by atoms with van der Waals surface area (Å²) in [6.45, 7) is 4.53. The second-order valence-electron chi connectivity index (χ2n) is 5.34. The van der Waals surface area contributed by atoms with E-state index in [2.05, 4.69) is 6.07 Å². The SMILES string of the molecule is Cc1ccccc1S(=O)(=O)N1CCC(C)(C#N)CC1. The molecule has 2 rings (SSSR count). The number of hydrogen-bond acceptors (Lipinski definition) is 3. The zero-order valence-corrected chi connectivity index (χ0v) is 12.1. The Morgan fingerprint density at radius 2 is 1.84 bits per heavy atom. The Hall–Kier alpha value is -1.38. The van der Waals surface area contributed by atoms with Crippen molar-refractivity contribution in [3.63, 3.8) is 0 Å². The molecule has 1 aliphatic rings. The van der Waals surface area contributed by atoms with Crippen molar-refractivity contribution >= 4 is 10.0 Å². The summed E-state index contributed by atoms with van der Waals surface area (Å²) in [7, 11) is -3.43. The number of benzene rings is 1. The van der Waals surface area contributed by atoms with E-state index in [1.54, 1.807) is 25.1 Å². The van der Waals surface area contributed by atoms with Gasteiger partial charge in [-0.15, -0.1) is 0 Å². The Kier molecular flexibility index (Phi) is 3.66. The lowest BCUT2D eigenvalue weighted by Crippen LogP contribution is -2.41. The topological polar surface area (TPSA) is 61.2 Å². The van der Waals surface area contributed by atoms with Crippen molar-refractivity contribution in [3.05, 3.63) is 29.8 Å². The summed E-state index contributed by atoms with van der Waals surface area (Å²) >= 11 is 0. The Balaban J connectivity index is 2.25. The number of rotatable bonds is 2. The van der Waals surface area contributed by atoms with Crippen molar-refractivity contribution < 1.29 is 8.42 Å². The predicted molar refractivity (Wildman–Crippen MR) is 72.9 cm³/mol. The number of piperidine rings is 1. The zero-order chi connectivity index (χ0) is 14.1. The van der Waals surface area contributed by atoms with Gasteiger partial charge < -0.3 is 0 Å². The average Bonchev–Trinajstić information content (AvgIpc) is 2.39. The highest BCUT2D eigenvalue weighted by molar-refractivity contribution is 7.89. The lowest BCUT2D eigenvalue weighted by atomic mass is 9.83. The molecule has 1 fully saturated rings. The van der Waals surface area contributed by atoms with Crippen LogP contribution in [0, 0.1) is 23.7 Å². The molecule has 1 saturated heterocycles. The van der Waals surface area contributed by atoms with Crippen molar-refractivity contribution in [2.24, 2.45) is 5.41 Å². The van der Waals surface area contributed by atoms with Crippen LogP contribution in [0.2, 0.25) is 0 Å². The van der Waals surface area contributed by atoms with Gasteiger partial charge in [-0.05, 0) is 38.3 Å². The fourth-order valence-electron chi connectivity index (χ4n) is 2.32. The van der Waals surface area contributed by atoms with Crippen LogP contribution in [-0.4, -0.2) is 25.8 Å². The summed E-state index contributed by atoms with van der Waals surface area (Å²) in [6.07, 6.45) is 1.18. The van der Waals surface area contributed by atoms with Gasteiger partial charge in [0.05, 0.1) is 16.4 Å². The number of nitrogens with zero attached hydrogens (tertiary/aromatic N) is 2. The fourth-order valence-corrected chi connectivity index (χ4v) is 3.98. The summed E-state index contributed by atoms with van der Waals surface area (Å²) in [5.74, 6) is 0. The molecule has 0 saturated carbocycles. The largest absolute Gasteiger partial charge is 0.243 e. The van der Waals surface area contributed by atoms with Crippen molar-refractivity contribution in [2.45, 2.75) is 31.6 Å². The highest BCUT2D eigenvalue weighted by Crippen LogP contribution is 2.32. The van der Waals surface area contributed by atoms with Crippen LogP contribution in [0.4, 0.5) is 0 Å². The van der Waals surface area contributed by atoms with Crippen molar-refractivity contribution in [2.75, 3.05) is 13.1 Å². The Morgan fingerprint density at radius 1 is 1.26 bits per heavy atom. The molecule has 5 heteroatoms. The van der Waals surface area contributed by atoms with Crippen LogP contribution in [0.15, 0.2) is 29.2 Å². The van der Waals surface area contributed by atoms with Crippen LogP contribution in [-0.2, 0) is 10.0 Å². The van der Waals surface area contributed by atoms with E-state index in [0.717, 1.165) is 5.56 Å². The number of aryl methyl sites for hydroxylation is 1. The molecule has 0 amide bonds. The Morgan fingerprint density at radius 3 is 2.37 bits per heavy atom. The summed E-state index contributed by atoms with van der Waals surface area (Å²) < 4.78 is 26.6. The van der Waals surface area contributed by atoms with E-state index in [9.17, 15) is 8.42 Å². The van der Waals surface area contributed by atoms with Crippen LogP contribution in [0.1, 0.15) is 25.3 Å². The molecule has 102 valence electrons. The van der Waals surface area contributed by atoms with E-state index < -0.39 is 15.4 Å². The first-order chi connectivity index (χ1) is 8.89. The van der Waals surface area contributed by atoms with Gasteiger partial charge in [-0.1, -0.05) is 18.2 Å². The van der Waals surface area contributed by atoms with Gasteiger partial charge in [0.25, 0.3) is 0 Å². The van der Waals surface area contributed by atoms with E-state index >= 15 is 0 Å². The van der Waals surface area contributed by atoms with E-state index in [-0.39, 0.29) is 0 Å². The molecule has 0 aromatic heterocycles. The third-order valence-corrected chi connectivity index (χ3v) is 5.87. The standard InChI is InChI=1S/C14H18N2O2S/c1-12-5-3-4-6-13(12)19(17,18)16-9-7-14(2,11-15)8-10-16/h3-6H,7-10H2,1-2H3. The maximum Gasteiger partial charge on any atom is 0.243 e. The smallest absolute Gasteiger partial charge is 0.207 e. The van der Waals surface area contributed by atoms with Gasteiger partial charge in [-0.2, -0.15) is 9.57 Å². The minimum atomic E-state index is -3.43.